The molecule has 8 N–H and O–H groups in total. The highest BCUT2D eigenvalue weighted by Crippen LogP contribution is 2.28. The predicted octanol–water partition coefficient (Wildman–Crippen LogP) is 0.356. The summed E-state index contributed by atoms with van der Waals surface area (Å²) in [6.45, 7) is 2.84. The quantitative estimate of drug-likeness (QED) is 0.217. The number of amides is 2. The molecule has 0 aliphatic heterocycles. The van der Waals surface area contributed by atoms with Crippen molar-refractivity contribution < 1.29 is 22.7 Å². The van der Waals surface area contributed by atoms with E-state index in [-0.39, 0.29) is 32.1 Å². The van der Waals surface area contributed by atoms with Gasteiger partial charge in [-0.15, -0.1) is 0 Å². The van der Waals surface area contributed by atoms with E-state index in [0.717, 1.165) is 36.4 Å². The number of nitrogens with zero attached hydrogens (tertiary/aromatic N) is 1. The molecule has 0 spiro atoms. The molecule has 2 amide bonds. The van der Waals surface area contributed by atoms with Gasteiger partial charge in [0, 0.05) is 31.9 Å². The molecule has 0 unspecified atom stereocenters. The first-order valence-electron chi connectivity index (χ1n) is 12.7. The molecule has 36 heavy (non-hydrogen) atoms. The summed E-state index contributed by atoms with van der Waals surface area (Å²) in [6.07, 6.45) is 5.76. The summed E-state index contributed by atoms with van der Waals surface area (Å²) < 4.78 is 32.1. The maximum absolute atomic E-state index is 13.2. The standard InChI is InChI=1S/C24H42N6O5S/c1-2-35-20-10-8-19(9-11-20)28-24(32)22(16-18-6-4-3-5-7-18)29-23(31)21(27)17-36(33,34)30(14-12-25)15-13-26/h8-11,18,21-22H,2-7,12-17,25-27H2,1H3,(H,28,32)(H,29,31)/t21-,22-/m0/s1. The Kier molecular flexibility index (Phi) is 12.6. The van der Waals surface area contributed by atoms with E-state index in [4.69, 9.17) is 21.9 Å². The number of rotatable bonds is 15. The minimum atomic E-state index is -3.86. The SMILES string of the molecule is CCOc1ccc(NC(=O)[C@H](CC2CCCCC2)NC(=O)[C@@H](N)CS(=O)(=O)N(CCN)CCN)cc1. The van der Waals surface area contributed by atoms with Crippen LogP contribution in [-0.2, 0) is 19.6 Å². The van der Waals surface area contributed by atoms with Crippen LogP contribution in [0.25, 0.3) is 0 Å². The summed E-state index contributed by atoms with van der Waals surface area (Å²) in [5, 5.41) is 5.55. The van der Waals surface area contributed by atoms with E-state index >= 15 is 0 Å². The van der Waals surface area contributed by atoms with Crippen LogP contribution in [0.4, 0.5) is 5.69 Å². The lowest BCUT2D eigenvalue weighted by atomic mass is 9.84. The lowest BCUT2D eigenvalue weighted by Crippen LogP contribution is -2.54. The molecule has 0 radical (unpaired) electrons. The summed E-state index contributed by atoms with van der Waals surface area (Å²) in [7, 11) is -3.86. The molecule has 1 aromatic rings. The molecule has 12 heteroatoms. The van der Waals surface area contributed by atoms with Crippen LogP contribution in [-0.4, -0.2) is 75.2 Å². The Labute approximate surface area is 214 Å². The number of nitrogens with one attached hydrogen (secondary N) is 2. The molecule has 0 aromatic heterocycles. The van der Waals surface area contributed by atoms with Crippen molar-refractivity contribution in [2.45, 2.75) is 57.5 Å². The predicted molar refractivity (Wildman–Crippen MR) is 141 cm³/mol. The van der Waals surface area contributed by atoms with Crippen molar-refractivity contribution in [1.29, 1.82) is 0 Å². The van der Waals surface area contributed by atoms with E-state index in [9.17, 15) is 18.0 Å². The van der Waals surface area contributed by atoms with E-state index < -0.39 is 33.8 Å². The van der Waals surface area contributed by atoms with Crippen LogP contribution in [0.1, 0.15) is 45.4 Å². The monoisotopic (exact) mass is 526 g/mol. The summed E-state index contributed by atoms with van der Waals surface area (Å²) >= 11 is 0. The minimum absolute atomic E-state index is 0.0860. The Balaban J connectivity index is 2.09. The van der Waals surface area contributed by atoms with E-state index in [0.29, 0.717) is 30.4 Å². The third-order valence-electron chi connectivity index (χ3n) is 6.24. The van der Waals surface area contributed by atoms with E-state index in [1.165, 1.54) is 0 Å². The Morgan fingerprint density at radius 3 is 2.22 bits per heavy atom. The number of benzene rings is 1. The van der Waals surface area contributed by atoms with Crippen molar-refractivity contribution in [1.82, 2.24) is 9.62 Å². The van der Waals surface area contributed by atoms with Gasteiger partial charge in [0.1, 0.15) is 11.8 Å². The Morgan fingerprint density at radius 1 is 1.06 bits per heavy atom. The molecular formula is C24H42N6O5S. The first-order chi connectivity index (χ1) is 17.2. The Hall–Kier alpha value is -2.25. The van der Waals surface area contributed by atoms with Gasteiger partial charge in [-0.2, -0.15) is 4.31 Å². The summed E-state index contributed by atoms with van der Waals surface area (Å²) in [6, 6.07) is 4.77. The van der Waals surface area contributed by atoms with Crippen molar-refractivity contribution in [2.24, 2.45) is 23.1 Å². The van der Waals surface area contributed by atoms with Crippen LogP contribution in [0.5, 0.6) is 5.75 Å². The van der Waals surface area contributed by atoms with Crippen molar-refractivity contribution in [3.05, 3.63) is 24.3 Å². The second-order valence-corrected chi connectivity index (χ2v) is 11.1. The van der Waals surface area contributed by atoms with Gasteiger partial charge in [-0.1, -0.05) is 32.1 Å². The van der Waals surface area contributed by atoms with Crippen molar-refractivity contribution in [3.63, 3.8) is 0 Å². The molecule has 2 atom stereocenters. The van der Waals surface area contributed by atoms with Gasteiger partial charge in [-0.05, 0) is 43.5 Å². The first kappa shape index (κ1) is 30.0. The minimum Gasteiger partial charge on any atom is -0.494 e. The van der Waals surface area contributed by atoms with Gasteiger partial charge in [-0.25, -0.2) is 8.42 Å². The van der Waals surface area contributed by atoms with Crippen LogP contribution in [0.3, 0.4) is 0 Å². The molecule has 204 valence electrons. The number of ether oxygens (including phenoxy) is 1. The Morgan fingerprint density at radius 2 is 1.67 bits per heavy atom. The second kappa shape index (κ2) is 15.1. The molecule has 0 heterocycles. The average molecular weight is 527 g/mol. The number of hydrogen-bond acceptors (Lipinski definition) is 8. The largest absolute Gasteiger partial charge is 0.494 e. The van der Waals surface area contributed by atoms with Crippen LogP contribution < -0.4 is 32.6 Å². The fourth-order valence-electron chi connectivity index (χ4n) is 4.38. The van der Waals surface area contributed by atoms with Gasteiger partial charge in [-0.3, -0.25) is 9.59 Å². The highest BCUT2D eigenvalue weighted by atomic mass is 32.2. The molecule has 0 saturated heterocycles. The van der Waals surface area contributed by atoms with Crippen LogP contribution in [0.2, 0.25) is 0 Å². The van der Waals surface area contributed by atoms with Gasteiger partial charge in [0.15, 0.2) is 0 Å². The molecule has 1 saturated carbocycles. The van der Waals surface area contributed by atoms with Crippen molar-refractivity contribution in [3.8, 4) is 5.75 Å². The van der Waals surface area contributed by atoms with Crippen LogP contribution in [0.15, 0.2) is 24.3 Å². The van der Waals surface area contributed by atoms with Gasteiger partial charge < -0.3 is 32.6 Å². The average Bonchev–Trinajstić information content (AvgIpc) is 2.85. The number of nitrogens with two attached hydrogens (primary N) is 3. The third-order valence-corrected chi connectivity index (χ3v) is 8.17. The van der Waals surface area contributed by atoms with Gasteiger partial charge in [0.05, 0.1) is 18.4 Å². The van der Waals surface area contributed by atoms with Crippen LogP contribution in [0, 0.1) is 5.92 Å². The molecule has 1 aromatic carbocycles. The second-order valence-electron chi connectivity index (χ2n) is 9.11. The van der Waals surface area contributed by atoms with E-state index in [1.54, 1.807) is 24.3 Å². The van der Waals surface area contributed by atoms with Gasteiger partial charge in [0.2, 0.25) is 21.8 Å². The lowest BCUT2D eigenvalue weighted by molar-refractivity contribution is -0.127. The zero-order chi connectivity index (χ0) is 26.6. The van der Waals surface area contributed by atoms with Crippen molar-refractivity contribution >= 4 is 27.5 Å². The lowest BCUT2D eigenvalue weighted by Gasteiger charge is -2.28. The molecule has 1 fully saturated rings. The number of hydrogen-bond donors (Lipinski definition) is 5. The van der Waals surface area contributed by atoms with Crippen LogP contribution >= 0.6 is 0 Å². The topological polar surface area (TPSA) is 183 Å². The maximum Gasteiger partial charge on any atom is 0.246 e. The molecule has 0 bridgehead atoms. The van der Waals surface area contributed by atoms with Gasteiger partial charge in [0.25, 0.3) is 0 Å². The molecule has 1 aliphatic carbocycles. The number of carbonyl (C=O) groups excluding carboxylic acids is 2. The molecule has 2 rings (SSSR count). The smallest absolute Gasteiger partial charge is 0.246 e. The number of anilines is 1. The first-order valence-corrected chi connectivity index (χ1v) is 14.3. The maximum atomic E-state index is 13.2. The zero-order valence-corrected chi connectivity index (χ0v) is 22.0. The van der Waals surface area contributed by atoms with Crippen molar-refractivity contribution in [2.75, 3.05) is 43.9 Å². The molecular weight excluding hydrogens is 484 g/mol. The number of carbonyl (C=O) groups is 2. The van der Waals surface area contributed by atoms with Gasteiger partial charge >= 0.3 is 0 Å². The van der Waals surface area contributed by atoms with E-state index in [2.05, 4.69) is 10.6 Å². The number of sulfonamides is 1. The highest BCUT2D eigenvalue weighted by Gasteiger charge is 2.31. The summed E-state index contributed by atoms with van der Waals surface area (Å²) in [5.41, 5.74) is 17.6. The molecule has 11 nitrogen and oxygen atoms in total. The highest BCUT2D eigenvalue weighted by molar-refractivity contribution is 7.89. The summed E-state index contributed by atoms with van der Waals surface area (Å²) in [5.74, 6) is -0.689. The Bertz CT molecular complexity index is 915. The zero-order valence-electron chi connectivity index (χ0n) is 21.2. The van der Waals surface area contributed by atoms with E-state index in [1.807, 2.05) is 6.92 Å². The third kappa shape index (κ3) is 9.66. The fraction of sp³-hybridized carbons (Fsp3) is 0.667. The summed E-state index contributed by atoms with van der Waals surface area (Å²) in [4.78, 5) is 26.1. The molecule has 1 aliphatic rings. The normalized spacial score (nSPS) is 16.4. The fourth-order valence-corrected chi connectivity index (χ4v) is 5.97.